The molecule has 20 heavy (non-hydrogen) atoms. The van der Waals surface area contributed by atoms with Crippen molar-refractivity contribution in [3.8, 4) is 0 Å². The van der Waals surface area contributed by atoms with Gasteiger partial charge in [0.1, 0.15) is 0 Å². The molecule has 2 N–H and O–H groups in total. The number of hydrogen-bond donors (Lipinski definition) is 2. The molecule has 0 saturated carbocycles. The minimum atomic E-state index is -0.779. The van der Waals surface area contributed by atoms with Crippen LogP contribution in [0.4, 0.5) is 5.69 Å². The van der Waals surface area contributed by atoms with E-state index in [2.05, 4.69) is 5.32 Å². The summed E-state index contributed by atoms with van der Waals surface area (Å²) in [5.41, 5.74) is 1.91. The van der Waals surface area contributed by atoms with Gasteiger partial charge in [0.15, 0.2) is 0 Å². The Hall–Kier alpha value is -1.88. The summed E-state index contributed by atoms with van der Waals surface area (Å²) in [6, 6.07) is 7.60. The Balaban J connectivity index is 1.86. The first-order valence-electron chi connectivity index (χ1n) is 6.77. The Morgan fingerprint density at radius 3 is 2.50 bits per heavy atom. The second-order valence-electron chi connectivity index (χ2n) is 5.53. The van der Waals surface area contributed by atoms with Crippen molar-refractivity contribution in [2.24, 2.45) is 11.8 Å². The summed E-state index contributed by atoms with van der Waals surface area (Å²) in [6.07, 6.45) is 0. The summed E-state index contributed by atoms with van der Waals surface area (Å²) >= 11 is 0. The van der Waals surface area contributed by atoms with Crippen molar-refractivity contribution in [1.82, 2.24) is 4.90 Å². The first kappa shape index (κ1) is 14.5. The zero-order valence-electron chi connectivity index (χ0n) is 11.8. The number of aryl methyl sites for hydroxylation is 1. The molecule has 1 aromatic carbocycles. The number of carboxylic acids is 1. The Morgan fingerprint density at radius 1 is 1.30 bits per heavy atom. The predicted octanol–water partition coefficient (Wildman–Crippen LogP) is 1.59. The number of amides is 1. The largest absolute Gasteiger partial charge is 0.481 e. The van der Waals surface area contributed by atoms with Crippen molar-refractivity contribution < 1.29 is 14.7 Å². The maximum Gasteiger partial charge on any atom is 0.308 e. The summed E-state index contributed by atoms with van der Waals surface area (Å²) in [5.74, 6) is -1.17. The van der Waals surface area contributed by atoms with Crippen LogP contribution in [-0.4, -0.2) is 41.5 Å². The van der Waals surface area contributed by atoms with Crippen LogP contribution < -0.4 is 5.32 Å². The van der Waals surface area contributed by atoms with Crippen molar-refractivity contribution in [3.05, 3.63) is 29.8 Å². The highest BCUT2D eigenvalue weighted by molar-refractivity contribution is 5.92. The lowest BCUT2D eigenvalue weighted by molar-refractivity contribution is -0.142. The molecule has 1 fully saturated rings. The predicted molar refractivity (Wildman–Crippen MR) is 76.5 cm³/mol. The lowest BCUT2D eigenvalue weighted by Gasteiger charge is -2.14. The molecule has 1 aliphatic heterocycles. The van der Waals surface area contributed by atoms with Crippen LogP contribution in [0, 0.1) is 18.8 Å². The molecule has 1 aromatic rings. The number of carbonyl (C=O) groups excluding carboxylic acids is 1. The number of carboxylic acid groups (broad SMARTS) is 1. The third-order valence-electron chi connectivity index (χ3n) is 3.71. The fourth-order valence-corrected chi connectivity index (χ4v) is 2.56. The smallest absolute Gasteiger partial charge is 0.308 e. The molecule has 5 nitrogen and oxygen atoms in total. The maximum absolute atomic E-state index is 11.9. The van der Waals surface area contributed by atoms with E-state index in [-0.39, 0.29) is 24.3 Å². The highest BCUT2D eigenvalue weighted by Crippen LogP contribution is 2.22. The number of hydrogen-bond acceptors (Lipinski definition) is 3. The molecule has 0 radical (unpaired) electrons. The van der Waals surface area contributed by atoms with Gasteiger partial charge in [0, 0.05) is 18.8 Å². The van der Waals surface area contributed by atoms with Gasteiger partial charge in [-0.2, -0.15) is 0 Å². The Kier molecular flexibility index (Phi) is 4.39. The molecule has 2 rings (SSSR count). The molecule has 5 heteroatoms. The van der Waals surface area contributed by atoms with E-state index in [4.69, 9.17) is 5.11 Å². The molecule has 1 saturated heterocycles. The molecular formula is C15H20N2O3. The van der Waals surface area contributed by atoms with E-state index in [1.165, 1.54) is 0 Å². The third kappa shape index (κ3) is 3.57. The number of anilines is 1. The van der Waals surface area contributed by atoms with Gasteiger partial charge >= 0.3 is 5.97 Å². The maximum atomic E-state index is 11.9. The Labute approximate surface area is 118 Å². The zero-order chi connectivity index (χ0) is 14.7. The van der Waals surface area contributed by atoms with E-state index >= 15 is 0 Å². The first-order chi connectivity index (χ1) is 9.45. The molecular weight excluding hydrogens is 256 g/mol. The number of nitrogens with one attached hydrogen (secondary N) is 1. The van der Waals surface area contributed by atoms with Crippen LogP contribution in [0.2, 0.25) is 0 Å². The van der Waals surface area contributed by atoms with Gasteiger partial charge in [-0.05, 0) is 25.0 Å². The van der Waals surface area contributed by atoms with Crippen LogP contribution in [0.3, 0.4) is 0 Å². The number of aliphatic carboxylic acids is 1. The van der Waals surface area contributed by atoms with E-state index in [1.807, 2.05) is 43.0 Å². The van der Waals surface area contributed by atoms with E-state index in [1.54, 1.807) is 0 Å². The standard InChI is InChI=1S/C15H20N2O3/c1-10-3-5-12(6-4-10)16-14(18)9-17-7-11(2)13(8-17)15(19)20/h3-6,11,13H,7-9H2,1-2H3,(H,16,18)(H,19,20). The van der Waals surface area contributed by atoms with Gasteiger partial charge in [-0.15, -0.1) is 0 Å². The normalized spacial score (nSPS) is 22.7. The van der Waals surface area contributed by atoms with Gasteiger partial charge in [0.05, 0.1) is 12.5 Å². The van der Waals surface area contributed by atoms with E-state index in [0.29, 0.717) is 13.1 Å². The lowest BCUT2D eigenvalue weighted by Crippen LogP contribution is -2.32. The van der Waals surface area contributed by atoms with Crippen LogP contribution in [-0.2, 0) is 9.59 Å². The average molecular weight is 276 g/mol. The topological polar surface area (TPSA) is 69.6 Å². The number of nitrogens with zero attached hydrogens (tertiary/aromatic N) is 1. The van der Waals surface area contributed by atoms with Crippen molar-refractivity contribution in [2.45, 2.75) is 13.8 Å². The van der Waals surface area contributed by atoms with Crippen LogP contribution >= 0.6 is 0 Å². The number of carbonyl (C=O) groups is 2. The van der Waals surface area contributed by atoms with Crippen molar-refractivity contribution in [2.75, 3.05) is 25.0 Å². The molecule has 1 heterocycles. The van der Waals surface area contributed by atoms with Gasteiger partial charge in [0.2, 0.25) is 5.91 Å². The summed E-state index contributed by atoms with van der Waals surface area (Å²) in [4.78, 5) is 24.9. The molecule has 2 atom stereocenters. The van der Waals surface area contributed by atoms with Crippen molar-refractivity contribution in [1.29, 1.82) is 0 Å². The van der Waals surface area contributed by atoms with Crippen LogP contribution in [0.15, 0.2) is 24.3 Å². The summed E-state index contributed by atoms with van der Waals surface area (Å²) in [5, 5.41) is 11.9. The molecule has 0 spiro atoms. The zero-order valence-corrected chi connectivity index (χ0v) is 11.8. The molecule has 0 aromatic heterocycles. The molecule has 2 unspecified atom stereocenters. The molecule has 1 amide bonds. The SMILES string of the molecule is Cc1ccc(NC(=O)CN2CC(C)C(C(=O)O)C2)cc1. The molecule has 1 aliphatic rings. The summed E-state index contributed by atoms with van der Waals surface area (Å²) < 4.78 is 0. The van der Waals surface area contributed by atoms with Crippen LogP contribution in [0.1, 0.15) is 12.5 Å². The highest BCUT2D eigenvalue weighted by atomic mass is 16.4. The first-order valence-corrected chi connectivity index (χ1v) is 6.77. The van der Waals surface area contributed by atoms with E-state index in [9.17, 15) is 9.59 Å². The minimum Gasteiger partial charge on any atom is -0.481 e. The minimum absolute atomic E-state index is 0.0830. The number of likely N-dealkylation sites (tertiary alicyclic amines) is 1. The quantitative estimate of drug-likeness (QED) is 0.876. The summed E-state index contributed by atoms with van der Waals surface area (Å²) in [7, 11) is 0. The number of benzene rings is 1. The van der Waals surface area contributed by atoms with Gasteiger partial charge < -0.3 is 10.4 Å². The van der Waals surface area contributed by atoms with E-state index < -0.39 is 5.97 Å². The second-order valence-corrected chi connectivity index (χ2v) is 5.53. The fraction of sp³-hybridized carbons (Fsp3) is 0.467. The third-order valence-corrected chi connectivity index (χ3v) is 3.71. The van der Waals surface area contributed by atoms with Gasteiger partial charge in [0.25, 0.3) is 0 Å². The van der Waals surface area contributed by atoms with E-state index in [0.717, 1.165) is 11.3 Å². The van der Waals surface area contributed by atoms with Gasteiger partial charge in [-0.3, -0.25) is 14.5 Å². The highest BCUT2D eigenvalue weighted by Gasteiger charge is 2.35. The molecule has 108 valence electrons. The number of rotatable bonds is 4. The molecule has 0 aliphatic carbocycles. The molecule has 0 bridgehead atoms. The van der Waals surface area contributed by atoms with Crippen molar-refractivity contribution >= 4 is 17.6 Å². The van der Waals surface area contributed by atoms with Crippen LogP contribution in [0.25, 0.3) is 0 Å². The van der Waals surface area contributed by atoms with Gasteiger partial charge in [-0.25, -0.2) is 0 Å². The monoisotopic (exact) mass is 276 g/mol. The Bertz CT molecular complexity index is 498. The Morgan fingerprint density at radius 2 is 1.95 bits per heavy atom. The second kappa shape index (κ2) is 6.05. The van der Waals surface area contributed by atoms with Crippen molar-refractivity contribution in [3.63, 3.8) is 0 Å². The average Bonchev–Trinajstić information content (AvgIpc) is 2.73. The summed E-state index contributed by atoms with van der Waals surface area (Å²) in [6.45, 7) is 5.23. The lowest BCUT2D eigenvalue weighted by atomic mass is 9.99. The fourth-order valence-electron chi connectivity index (χ4n) is 2.56. The van der Waals surface area contributed by atoms with Crippen LogP contribution in [0.5, 0.6) is 0 Å². The van der Waals surface area contributed by atoms with Gasteiger partial charge in [-0.1, -0.05) is 24.6 Å².